The van der Waals surface area contributed by atoms with Gasteiger partial charge in [0, 0.05) is 0 Å². The van der Waals surface area contributed by atoms with Gasteiger partial charge in [-0.2, -0.15) is 0 Å². The molecule has 1 nitrogen and oxygen atoms in total. The van der Waals surface area contributed by atoms with Crippen molar-refractivity contribution in [2.45, 2.75) is 26.3 Å². The van der Waals surface area contributed by atoms with Crippen molar-refractivity contribution in [3.63, 3.8) is 0 Å². The predicted molar refractivity (Wildman–Crippen MR) is 82.6 cm³/mol. The van der Waals surface area contributed by atoms with E-state index in [4.69, 9.17) is 0 Å². The highest BCUT2D eigenvalue weighted by molar-refractivity contribution is 5.98. The molecule has 19 heavy (non-hydrogen) atoms. The third-order valence-electron chi connectivity index (χ3n) is 2.63. The third kappa shape index (κ3) is 3.94. The molecule has 0 spiro atoms. The van der Waals surface area contributed by atoms with Crippen molar-refractivity contribution < 1.29 is 0 Å². The Hall–Kier alpha value is -2.11. The first-order valence-corrected chi connectivity index (χ1v) is 6.52. The van der Waals surface area contributed by atoms with Gasteiger partial charge in [0.15, 0.2) is 0 Å². The second-order valence-electron chi connectivity index (χ2n) is 5.50. The monoisotopic (exact) mass is 249 g/mol. The quantitative estimate of drug-likeness (QED) is 0.690. The van der Waals surface area contributed by atoms with E-state index in [1.54, 1.807) is 0 Å². The number of hydrogen-bond acceptors (Lipinski definition) is 1. The molecule has 0 saturated heterocycles. The van der Waals surface area contributed by atoms with E-state index in [0.29, 0.717) is 0 Å². The van der Waals surface area contributed by atoms with Crippen LogP contribution in [0.5, 0.6) is 0 Å². The molecule has 0 atom stereocenters. The lowest BCUT2D eigenvalue weighted by atomic mass is 9.99. The van der Waals surface area contributed by atoms with Gasteiger partial charge in [0.1, 0.15) is 0 Å². The van der Waals surface area contributed by atoms with Gasteiger partial charge in [-0.3, -0.25) is 0 Å². The van der Waals surface area contributed by atoms with Gasteiger partial charge in [0.25, 0.3) is 0 Å². The molecular formula is C18H19N. The van der Waals surface area contributed by atoms with E-state index in [1.807, 2.05) is 36.4 Å². The van der Waals surface area contributed by atoms with E-state index in [0.717, 1.165) is 16.7 Å². The molecule has 0 fully saturated rings. The Labute approximate surface area is 115 Å². The largest absolute Gasteiger partial charge is 0.237 e. The summed E-state index contributed by atoms with van der Waals surface area (Å²) >= 11 is 0. The molecule has 0 heterocycles. The summed E-state index contributed by atoms with van der Waals surface area (Å²) in [6, 6.07) is 20.6. The Kier molecular flexibility index (Phi) is 3.99. The molecule has 0 saturated carbocycles. The standard InChI is InChI=1S/C18H19N/c1-18(2,3)19-14-17(15-10-6-4-7-11-15)16-12-8-5-9-13-16/h4-13H,1-3H3. The summed E-state index contributed by atoms with van der Waals surface area (Å²) in [7, 11) is 0. The van der Waals surface area contributed by atoms with Gasteiger partial charge >= 0.3 is 0 Å². The fourth-order valence-electron chi connectivity index (χ4n) is 1.73. The first-order valence-electron chi connectivity index (χ1n) is 6.52. The summed E-state index contributed by atoms with van der Waals surface area (Å²) in [5, 5.41) is 0. The third-order valence-corrected chi connectivity index (χ3v) is 2.63. The van der Waals surface area contributed by atoms with Crippen molar-refractivity contribution in [1.29, 1.82) is 0 Å². The van der Waals surface area contributed by atoms with Gasteiger partial charge in [-0.1, -0.05) is 60.7 Å². The number of nitrogens with zero attached hydrogens (tertiary/aromatic N) is 1. The van der Waals surface area contributed by atoms with E-state index < -0.39 is 0 Å². The zero-order valence-corrected chi connectivity index (χ0v) is 11.7. The fourth-order valence-corrected chi connectivity index (χ4v) is 1.73. The highest BCUT2D eigenvalue weighted by Crippen LogP contribution is 2.20. The summed E-state index contributed by atoms with van der Waals surface area (Å²) in [6.45, 7) is 6.23. The first kappa shape index (κ1) is 13.3. The SMILES string of the molecule is CC(C)(C)N=C=C(c1ccccc1)c1ccccc1. The summed E-state index contributed by atoms with van der Waals surface area (Å²) in [5.41, 5.74) is 3.20. The van der Waals surface area contributed by atoms with Crippen LogP contribution in [-0.4, -0.2) is 11.4 Å². The Morgan fingerprint density at radius 2 is 1.21 bits per heavy atom. The molecule has 0 aliphatic rings. The maximum absolute atomic E-state index is 4.52. The zero-order valence-electron chi connectivity index (χ0n) is 11.7. The second-order valence-corrected chi connectivity index (χ2v) is 5.50. The Bertz CT molecular complexity index is 541. The van der Waals surface area contributed by atoms with Crippen LogP contribution in [0.15, 0.2) is 65.7 Å². The molecule has 0 amide bonds. The Balaban J connectivity index is 2.56. The van der Waals surface area contributed by atoms with Crippen LogP contribution >= 0.6 is 0 Å². The Morgan fingerprint density at radius 3 is 1.58 bits per heavy atom. The van der Waals surface area contributed by atoms with Crippen molar-refractivity contribution in [1.82, 2.24) is 0 Å². The molecule has 2 aromatic carbocycles. The van der Waals surface area contributed by atoms with Crippen LogP contribution in [0, 0.1) is 0 Å². The maximum Gasteiger partial charge on any atom is 0.0618 e. The van der Waals surface area contributed by atoms with Gasteiger partial charge in [0.2, 0.25) is 0 Å². The molecule has 0 N–H and O–H groups in total. The van der Waals surface area contributed by atoms with Crippen molar-refractivity contribution in [3.8, 4) is 0 Å². The summed E-state index contributed by atoms with van der Waals surface area (Å²) in [4.78, 5) is 4.52. The van der Waals surface area contributed by atoms with Crippen molar-refractivity contribution in [2.75, 3.05) is 0 Å². The number of aliphatic imine (C=N–C) groups is 1. The molecule has 0 aliphatic carbocycles. The maximum atomic E-state index is 4.52. The van der Waals surface area contributed by atoms with Crippen LogP contribution in [0.2, 0.25) is 0 Å². The molecule has 2 aromatic rings. The van der Waals surface area contributed by atoms with Crippen molar-refractivity contribution in [2.24, 2.45) is 4.99 Å². The summed E-state index contributed by atoms with van der Waals surface area (Å²) in [6.07, 6.45) is 0. The van der Waals surface area contributed by atoms with Crippen LogP contribution in [0.25, 0.3) is 5.57 Å². The van der Waals surface area contributed by atoms with Crippen LogP contribution in [-0.2, 0) is 0 Å². The van der Waals surface area contributed by atoms with Gasteiger partial charge in [-0.25, -0.2) is 4.99 Å². The lowest BCUT2D eigenvalue weighted by Crippen LogP contribution is -2.08. The molecule has 0 unspecified atom stereocenters. The van der Waals surface area contributed by atoms with Gasteiger partial charge < -0.3 is 0 Å². The minimum Gasteiger partial charge on any atom is -0.237 e. The lowest BCUT2D eigenvalue weighted by Gasteiger charge is -2.10. The topological polar surface area (TPSA) is 12.4 Å². The Morgan fingerprint density at radius 1 is 0.789 bits per heavy atom. The van der Waals surface area contributed by atoms with Gasteiger partial charge in [-0.05, 0) is 37.8 Å². The normalized spacial score (nSPS) is 10.7. The molecule has 0 bridgehead atoms. The second kappa shape index (κ2) is 5.69. The lowest BCUT2D eigenvalue weighted by molar-refractivity contribution is 0.588. The van der Waals surface area contributed by atoms with E-state index in [2.05, 4.69) is 55.9 Å². The molecule has 0 radical (unpaired) electrons. The average molecular weight is 249 g/mol. The highest BCUT2D eigenvalue weighted by atomic mass is 14.8. The molecule has 1 heteroatoms. The van der Waals surface area contributed by atoms with Crippen LogP contribution < -0.4 is 0 Å². The average Bonchev–Trinajstić information content (AvgIpc) is 2.40. The fraction of sp³-hybridized carbons (Fsp3) is 0.222. The van der Waals surface area contributed by atoms with E-state index >= 15 is 0 Å². The van der Waals surface area contributed by atoms with Crippen molar-refractivity contribution >= 4 is 11.4 Å². The van der Waals surface area contributed by atoms with E-state index in [9.17, 15) is 0 Å². The number of rotatable bonds is 2. The van der Waals surface area contributed by atoms with E-state index in [1.165, 1.54) is 0 Å². The molecule has 0 aliphatic heterocycles. The molecule has 0 aromatic heterocycles. The first-order chi connectivity index (χ1) is 9.06. The van der Waals surface area contributed by atoms with Crippen molar-refractivity contribution in [3.05, 3.63) is 71.8 Å². The summed E-state index contributed by atoms with van der Waals surface area (Å²) in [5.74, 6) is 3.23. The van der Waals surface area contributed by atoms with Gasteiger partial charge in [-0.15, -0.1) is 0 Å². The highest BCUT2D eigenvalue weighted by Gasteiger charge is 2.07. The van der Waals surface area contributed by atoms with E-state index in [-0.39, 0.29) is 5.54 Å². The molecule has 96 valence electrons. The zero-order chi connectivity index (χ0) is 13.7. The van der Waals surface area contributed by atoms with Crippen LogP contribution in [0.1, 0.15) is 31.9 Å². The van der Waals surface area contributed by atoms with Crippen LogP contribution in [0.3, 0.4) is 0 Å². The van der Waals surface area contributed by atoms with Crippen LogP contribution in [0.4, 0.5) is 0 Å². The predicted octanol–water partition coefficient (Wildman–Crippen LogP) is 4.59. The number of hydrogen-bond donors (Lipinski definition) is 0. The molecular weight excluding hydrogens is 230 g/mol. The number of benzene rings is 2. The summed E-state index contributed by atoms with van der Waals surface area (Å²) < 4.78 is 0. The van der Waals surface area contributed by atoms with Gasteiger partial charge in [0.05, 0.1) is 11.1 Å². The minimum absolute atomic E-state index is 0.116. The minimum atomic E-state index is -0.116. The molecule has 2 rings (SSSR count). The smallest absolute Gasteiger partial charge is 0.0618 e.